The Morgan fingerprint density at radius 3 is 2.79 bits per heavy atom. The molecule has 29 heavy (non-hydrogen) atoms. The number of hydroxylamine groups is 1. The van der Waals surface area contributed by atoms with Gasteiger partial charge in [-0.3, -0.25) is 15.5 Å². The number of methoxy groups -OCH3 is 1. The molecule has 0 spiro atoms. The van der Waals surface area contributed by atoms with Crippen molar-refractivity contribution in [3.8, 4) is 5.75 Å². The van der Waals surface area contributed by atoms with Crippen molar-refractivity contribution in [3.05, 3.63) is 82.0 Å². The van der Waals surface area contributed by atoms with E-state index in [1.807, 2.05) is 29.7 Å². The smallest absolute Gasteiger partial charge is 0.160 e. The summed E-state index contributed by atoms with van der Waals surface area (Å²) in [6, 6.07) is 11.5. The Bertz CT molecular complexity index is 1050. The van der Waals surface area contributed by atoms with Gasteiger partial charge in [0.2, 0.25) is 0 Å². The quantitative estimate of drug-likeness (QED) is 0.305. The van der Waals surface area contributed by atoms with E-state index in [1.54, 1.807) is 7.11 Å². The predicted molar refractivity (Wildman–Crippen MR) is 109 cm³/mol. The first kappa shape index (κ1) is 20.8. The molecule has 3 aromatic rings. The average molecular weight is 461 g/mol. The van der Waals surface area contributed by atoms with Gasteiger partial charge in [-0.25, -0.2) is 9.38 Å². The van der Waals surface area contributed by atoms with Crippen LogP contribution < -0.4 is 10.2 Å². The third kappa shape index (κ3) is 5.30. The van der Waals surface area contributed by atoms with E-state index < -0.39 is 5.82 Å². The van der Waals surface area contributed by atoms with Crippen molar-refractivity contribution in [2.45, 2.75) is 12.8 Å². The molecule has 0 saturated carbocycles. The summed E-state index contributed by atoms with van der Waals surface area (Å²) in [7, 11) is 1.57. The zero-order valence-electron chi connectivity index (χ0n) is 15.5. The lowest BCUT2D eigenvalue weighted by Crippen LogP contribution is -2.21. The van der Waals surface area contributed by atoms with Crippen LogP contribution in [0.25, 0.3) is 0 Å². The number of hydrogen-bond acceptors (Lipinski definition) is 5. The zero-order chi connectivity index (χ0) is 20.8. The van der Waals surface area contributed by atoms with Crippen LogP contribution in [0.4, 0.5) is 10.1 Å². The molecule has 0 bridgehead atoms. The number of nitrogens with zero attached hydrogens (tertiary/aromatic N) is 1. The summed E-state index contributed by atoms with van der Waals surface area (Å²) in [4.78, 5) is 16.8. The number of carbonyl (C=O) groups excluding carboxylic acids is 1. The third-order valence-corrected chi connectivity index (χ3v) is 4.78. The fraction of sp³-hybridized carbons (Fsp3) is 0.143. The van der Waals surface area contributed by atoms with Crippen LogP contribution >= 0.6 is 15.9 Å². The Labute approximate surface area is 175 Å². The van der Waals surface area contributed by atoms with E-state index in [4.69, 9.17) is 9.15 Å². The van der Waals surface area contributed by atoms with Gasteiger partial charge in [-0.15, -0.1) is 0 Å². The lowest BCUT2D eigenvalue weighted by molar-refractivity contribution is -0.117. The van der Waals surface area contributed by atoms with Crippen molar-refractivity contribution >= 4 is 33.2 Å². The molecule has 0 aliphatic rings. The maximum absolute atomic E-state index is 13.4. The molecule has 0 unspecified atom stereocenters. The zero-order valence-corrected chi connectivity index (χ0v) is 17.1. The fourth-order valence-electron chi connectivity index (χ4n) is 2.78. The van der Waals surface area contributed by atoms with Gasteiger partial charge >= 0.3 is 0 Å². The molecule has 0 fully saturated rings. The van der Waals surface area contributed by atoms with Crippen LogP contribution in [0, 0.1) is 5.82 Å². The Morgan fingerprint density at radius 2 is 2.07 bits per heavy atom. The van der Waals surface area contributed by atoms with Crippen molar-refractivity contribution < 1.29 is 23.5 Å². The predicted octanol–water partition coefficient (Wildman–Crippen LogP) is 4.60. The minimum atomic E-state index is -0.422. The normalized spacial score (nSPS) is 11.4. The SMILES string of the molecule is COc1cccc(CC(=O)Cc2cocc2C(=Nc2ccc(F)c(Br)c2)NO)c1. The van der Waals surface area contributed by atoms with Crippen LogP contribution in [0.5, 0.6) is 5.75 Å². The molecular formula is C21H18BrFN2O4. The lowest BCUT2D eigenvalue weighted by atomic mass is 10.0. The van der Waals surface area contributed by atoms with E-state index in [9.17, 15) is 14.4 Å². The van der Waals surface area contributed by atoms with Gasteiger partial charge in [-0.2, -0.15) is 0 Å². The average Bonchev–Trinajstić information content (AvgIpc) is 3.16. The molecule has 1 aromatic heterocycles. The maximum atomic E-state index is 13.4. The Hall–Kier alpha value is -2.97. The molecule has 2 N–H and O–H groups in total. The van der Waals surface area contributed by atoms with E-state index in [1.165, 1.54) is 30.7 Å². The minimum absolute atomic E-state index is 0.0391. The number of Topliss-reactive ketones (excluding diaryl/α,β-unsaturated/α-hetero) is 1. The summed E-state index contributed by atoms with van der Waals surface area (Å²) in [5.74, 6) is 0.308. The number of ether oxygens (including phenoxy) is 1. The molecule has 8 heteroatoms. The van der Waals surface area contributed by atoms with Crippen LogP contribution in [-0.4, -0.2) is 23.9 Å². The van der Waals surface area contributed by atoms with Crippen molar-refractivity contribution in [3.63, 3.8) is 0 Å². The van der Waals surface area contributed by atoms with Gasteiger partial charge in [0.05, 0.1) is 29.1 Å². The second kappa shape index (κ2) is 9.49. The largest absolute Gasteiger partial charge is 0.497 e. The number of halogens is 2. The first-order valence-corrected chi connectivity index (χ1v) is 9.43. The highest BCUT2D eigenvalue weighted by atomic mass is 79.9. The molecule has 6 nitrogen and oxygen atoms in total. The molecule has 0 amide bonds. The van der Waals surface area contributed by atoms with Gasteiger partial charge < -0.3 is 9.15 Å². The van der Waals surface area contributed by atoms with Gasteiger partial charge in [0.15, 0.2) is 5.84 Å². The highest BCUT2D eigenvalue weighted by molar-refractivity contribution is 9.10. The number of benzene rings is 2. The summed E-state index contributed by atoms with van der Waals surface area (Å²) in [5.41, 5.74) is 4.27. The van der Waals surface area contributed by atoms with Crippen molar-refractivity contribution in [1.82, 2.24) is 5.48 Å². The molecule has 0 saturated heterocycles. The molecule has 0 atom stereocenters. The first-order chi connectivity index (χ1) is 14.0. The Balaban J connectivity index is 1.78. The fourth-order valence-corrected chi connectivity index (χ4v) is 3.15. The number of amidine groups is 1. The van der Waals surface area contributed by atoms with Crippen molar-refractivity contribution in [1.29, 1.82) is 0 Å². The number of ketones is 1. The van der Waals surface area contributed by atoms with E-state index >= 15 is 0 Å². The second-order valence-corrected chi connectivity index (χ2v) is 7.08. The maximum Gasteiger partial charge on any atom is 0.160 e. The molecule has 0 radical (unpaired) electrons. The number of nitrogens with one attached hydrogen (secondary N) is 1. The Morgan fingerprint density at radius 1 is 1.24 bits per heavy atom. The molecule has 2 aromatic carbocycles. The summed E-state index contributed by atoms with van der Waals surface area (Å²) in [6.45, 7) is 0. The number of aliphatic imine (C=N–C) groups is 1. The van der Waals surface area contributed by atoms with Gasteiger partial charge in [0, 0.05) is 18.4 Å². The van der Waals surface area contributed by atoms with Gasteiger partial charge in [-0.1, -0.05) is 12.1 Å². The van der Waals surface area contributed by atoms with Gasteiger partial charge in [0.25, 0.3) is 0 Å². The van der Waals surface area contributed by atoms with Crippen LogP contribution in [-0.2, 0) is 17.6 Å². The summed E-state index contributed by atoms with van der Waals surface area (Å²) >= 11 is 3.10. The van der Waals surface area contributed by atoms with E-state index in [2.05, 4.69) is 20.9 Å². The van der Waals surface area contributed by atoms with Crippen LogP contribution in [0.2, 0.25) is 0 Å². The van der Waals surface area contributed by atoms with Crippen LogP contribution in [0.15, 0.2) is 68.9 Å². The van der Waals surface area contributed by atoms with Crippen LogP contribution in [0.3, 0.4) is 0 Å². The lowest BCUT2D eigenvalue weighted by Gasteiger charge is -2.07. The third-order valence-electron chi connectivity index (χ3n) is 4.17. The molecule has 0 aliphatic heterocycles. The highest BCUT2D eigenvalue weighted by Gasteiger charge is 2.16. The molecule has 150 valence electrons. The summed E-state index contributed by atoms with van der Waals surface area (Å²) in [6.07, 6.45) is 3.14. The summed E-state index contributed by atoms with van der Waals surface area (Å²) in [5, 5.41) is 9.53. The number of furan rings is 1. The highest BCUT2D eigenvalue weighted by Crippen LogP contribution is 2.23. The number of rotatable bonds is 7. The molecule has 0 aliphatic carbocycles. The Kier molecular flexibility index (Phi) is 6.79. The van der Waals surface area contributed by atoms with Gasteiger partial charge in [0.1, 0.15) is 23.6 Å². The van der Waals surface area contributed by atoms with E-state index in [0.29, 0.717) is 22.6 Å². The summed E-state index contributed by atoms with van der Waals surface area (Å²) < 4.78 is 24.1. The van der Waals surface area contributed by atoms with Gasteiger partial charge in [-0.05, 0) is 51.8 Å². The number of carbonyl (C=O) groups is 1. The monoisotopic (exact) mass is 460 g/mol. The molecule has 1 heterocycles. The number of hydrogen-bond donors (Lipinski definition) is 2. The van der Waals surface area contributed by atoms with E-state index in [-0.39, 0.29) is 28.9 Å². The second-order valence-electron chi connectivity index (χ2n) is 6.23. The topological polar surface area (TPSA) is 84.1 Å². The standard InChI is InChI=1S/C21H18BrFN2O4/c1-28-17-4-2-3-13(8-17)7-16(26)9-14-11-29-12-18(14)21(25-27)24-15-5-6-20(23)19(22)10-15/h2-6,8,10-12,27H,7,9H2,1H3,(H,24,25). The molecular weight excluding hydrogens is 443 g/mol. The minimum Gasteiger partial charge on any atom is -0.497 e. The van der Waals surface area contributed by atoms with Crippen molar-refractivity contribution in [2.24, 2.45) is 4.99 Å². The molecule has 3 rings (SSSR count). The van der Waals surface area contributed by atoms with Crippen molar-refractivity contribution in [2.75, 3.05) is 7.11 Å². The van der Waals surface area contributed by atoms with E-state index in [0.717, 1.165) is 5.56 Å². The van der Waals surface area contributed by atoms with Crippen LogP contribution in [0.1, 0.15) is 16.7 Å². The first-order valence-electron chi connectivity index (χ1n) is 8.64.